The van der Waals surface area contributed by atoms with Gasteiger partial charge in [-0.25, -0.2) is 0 Å². The Bertz CT molecular complexity index is 288. The largest absolute Gasteiger partial charge is 0.490 e. The van der Waals surface area contributed by atoms with Crippen molar-refractivity contribution < 1.29 is 4.74 Å². The van der Waals surface area contributed by atoms with Crippen LogP contribution in [0.25, 0.3) is 0 Å². The molecule has 0 heterocycles. The lowest BCUT2D eigenvalue weighted by Crippen LogP contribution is -2.12. The van der Waals surface area contributed by atoms with E-state index in [1.54, 1.807) is 0 Å². The van der Waals surface area contributed by atoms with E-state index in [4.69, 9.17) is 16.3 Å². The Balaban J connectivity index is 2.73. The molecule has 0 saturated carbocycles. The highest BCUT2D eigenvalue weighted by Crippen LogP contribution is 2.21. The first-order valence-corrected chi connectivity index (χ1v) is 5.62. The molecule has 1 rings (SSSR count). The molecule has 0 aromatic heterocycles. The quantitative estimate of drug-likeness (QED) is 0.754. The number of aryl methyl sites for hydroxylation is 1. The van der Waals surface area contributed by atoms with Crippen molar-refractivity contribution in [1.82, 2.24) is 0 Å². The van der Waals surface area contributed by atoms with Crippen LogP contribution in [0.5, 0.6) is 5.75 Å². The molecule has 0 spiro atoms. The van der Waals surface area contributed by atoms with Gasteiger partial charge in [-0.3, -0.25) is 0 Å². The second kappa shape index (κ2) is 4.87. The van der Waals surface area contributed by atoms with Gasteiger partial charge >= 0.3 is 0 Å². The van der Waals surface area contributed by atoms with E-state index in [9.17, 15) is 0 Å². The summed E-state index contributed by atoms with van der Waals surface area (Å²) in [5, 5.41) is 1.60. The number of hydrogen-bond donors (Lipinski definition) is 0. The normalized spacial score (nSPS) is 12.6. The molecule has 0 bridgehead atoms. The van der Waals surface area contributed by atoms with E-state index in [0.717, 1.165) is 21.7 Å². The Kier molecular flexibility index (Phi) is 4.07. The summed E-state index contributed by atoms with van der Waals surface area (Å²) in [6, 6.07) is 5.68. The van der Waals surface area contributed by atoms with Crippen molar-refractivity contribution in [1.29, 1.82) is 0 Å². The van der Waals surface area contributed by atoms with Gasteiger partial charge in [-0.15, -0.1) is 0 Å². The van der Waals surface area contributed by atoms with Gasteiger partial charge in [0, 0.05) is 10.4 Å². The summed E-state index contributed by atoms with van der Waals surface area (Å²) in [6.45, 7) is 3.98. The van der Waals surface area contributed by atoms with Gasteiger partial charge < -0.3 is 4.74 Å². The second-order valence-corrected chi connectivity index (χ2v) is 4.05. The van der Waals surface area contributed by atoms with Crippen LogP contribution in [0.4, 0.5) is 0 Å². The van der Waals surface area contributed by atoms with Gasteiger partial charge in [0.15, 0.2) is 0 Å². The molecule has 1 aromatic carbocycles. The predicted octanol–water partition coefficient (Wildman–Crippen LogP) is 3.81. The lowest BCUT2D eigenvalue weighted by molar-refractivity contribution is 0.248. The van der Waals surface area contributed by atoms with Crippen LogP contribution < -0.4 is 4.74 Å². The molecule has 0 aliphatic heterocycles. The lowest BCUT2D eigenvalue weighted by atomic mass is 10.2. The molecule has 1 unspecified atom stereocenters. The van der Waals surface area contributed by atoms with E-state index in [-0.39, 0.29) is 6.10 Å². The fourth-order valence-electron chi connectivity index (χ4n) is 0.954. The molecule has 0 radical (unpaired) electrons. The van der Waals surface area contributed by atoms with Crippen molar-refractivity contribution in [2.45, 2.75) is 20.0 Å². The summed E-state index contributed by atoms with van der Waals surface area (Å²) in [5.41, 5.74) is 1.04. The number of ether oxygens (including phenoxy) is 1. The zero-order valence-corrected chi connectivity index (χ0v) is 10.0. The van der Waals surface area contributed by atoms with Gasteiger partial charge in [0.2, 0.25) is 0 Å². The van der Waals surface area contributed by atoms with E-state index < -0.39 is 0 Å². The second-order valence-electron chi connectivity index (χ2n) is 2.99. The predicted molar refractivity (Wildman–Crippen MR) is 60.1 cm³/mol. The van der Waals surface area contributed by atoms with Crippen molar-refractivity contribution in [2.24, 2.45) is 0 Å². The average Bonchev–Trinajstić information content (AvgIpc) is 2.11. The summed E-state index contributed by atoms with van der Waals surface area (Å²) in [5.74, 6) is 0.869. The first kappa shape index (κ1) is 10.9. The maximum atomic E-state index is 5.89. The molecule has 3 heteroatoms. The molecule has 0 amide bonds. The van der Waals surface area contributed by atoms with Crippen LogP contribution in [-0.4, -0.2) is 11.4 Å². The van der Waals surface area contributed by atoms with Gasteiger partial charge in [0.05, 0.1) is 0 Å². The Labute approximate surface area is 92.2 Å². The minimum atomic E-state index is 0.181. The average molecular weight is 264 g/mol. The van der Waals surface area contributed by atoms with Crippen molar-refractivity contribution >= 4 is 27.5 Å². The van der Waals surface area contributed by atoms with Gasteiger partial charge in [-0.05, 0) is 37.6 Å². The third kappa shape index (κ3) is 3.20. The van der Waals surface area contributed by atoms with Crippen LogP contribution in [-0.2, 0) is 0 Å². The van der Waals surface area contributed by atoms with Crippen molar-refractivity contribution in [3.63, 3.8) is 0 Å². The molecule has 0 aliphatic carbocycles. The van der Waals surface area contributed by atoms with Gasteiger partial charge in [-0.2, -0.15) is 0 Å². The minimum Gasteiger partial charge on any atom is -0.490 e. The molecule has 13 heavy (non-hydrogen) atoms. The number of benzene rings is 1. The number of hydrogen-bond acceptors (Lipinski definition) is 1. The SMILES string of the molecule is Cc1cc(OC(C)CBr)ccc1Cl. The molecule has 0 aliphatic rings. The highest BCUT2D eigenvalue weighted by molar-refractivity contribution is 9.09. The maximum absolute atomic E-state index is 5.89. The van der Waals surface area contributed by atoms with E-state index in [2.05, 4.69) is 15.9 Å². The number of halogens is 2. The van der Waals surface area contributed by atoms with Crippen LogP contribution in [0, 0.1) is 6.92 Å². The highest BCUT2D eigenvalue weighted by atomic mass is 79.9. The summed E-state index contributed by atoms with van der Waals surface area (Å²) in [7, 11) is 0. The first-order valence-electron chi connectivity index (χ1n) is 4.12. The molecule has 1 nitrogen and oxygen atoms in total. The maximum Gasteiger partial charge on any atom is 0.120 e. The molecular formula is C10H12BrClO. The summed E-state index contributed by atoms with van der Waals surface area (Å²) < 4.78 is 5.59. The number of alkyl halides is 1. The van der Waals surface area contributed by atoms with Gasteiger partial charge in [0.1, 0.15) is 11.9 Å². The Hall–Kier alpha value is -0.210. The summed E-state index contributed by atoms with van der Waals surface area (Å²) in [6.07, 6.45) is 0.181. The monoisotopic (exact) mass is 262 g/mol. The van der Waals surface area contributed by atoms with Gasteiger partial charge in [0.25, 0.3) is 0 Å². The van der Waals surface area contributed by atoms with Crippen LogP contribution in [0.2, 0.25) is 5.02 Å². The van der Waals surface area contributed by atoms with E-state index in [1.807, 2.05) is 32.0 Å². The smallest absolute Gasteiger partial charge is 0.120 e. The molecule has 0 N–H and O–H groups in total. The zero-order valence-electron chi connectivity index (χ0n) is 7.68. The van der Waals surface area contributed by atoms with E-state index in [1.165, 1.54) is 0 Å². The Morgan fingerprint density at radius 1 is 1.54 bits per heavy atom. The van der Waals surface area contributed by atoms with E-state index in [0.29, 0.717) is 0 Å². The minimum absolute atomic E-state index is 0.181. The van der Waals surface area contributed by atoms with Crippen molar-refractivity contribution in [2.75, 3.05) is 5.33 Å². The Morgan fingerprint density at radius 3 is 2.77 bits per heavy atom. The highest BCUT2D eigenvalue weighted by Gasteiger charge is 2.02. The summed E-state index contributed by atoms with van der Waals surface area (Å²) in [4.78, 5) is 0. The summed E-state index contributed by atoms with van der Waals surface area (Å²) >= 11 is 9.24. The molecule has 1 aromatic rings. The fraction of sp³-hybridized carbons (Fsp3) is 0.400. The molecule has 0 saturated heterocycles. The van der Waals surface area contributed by atoms with Crippen molar-refractivity contribution in [3.05, 3.63) is 28.8 Å². The van der Waals surface area contributed by atoms with Crippen LogP contribution in [0.1, 0.15) is 12.5 Å². The molecule has 0 fully saturated rings. The van der Waals surface area contributed by atoms with E-state index >= 15 is 0 Å². The van der Waals surface area contributed by atoms with Crippen LogP contribution in [0.15, 0.2) is 18.2 Å². The topological polar surface area (TPSA) is 9.23 Å². The molecular weight excluding hydrogens is 251 g/mol. The van der Waals surface area contributed by atoms with Crippen LogP contribution in [0.3, 0.4) is 0 Å². The lowest BCUT2D eigenvalue weighted by Gasteiger charge is -2.12. The zero-order chi connectivity index (χ0) is 9.84. The first-order chi connectivity index (χ1) is 6.13. The standard InChI is InChI=1S/C10H12BrClO/c1-7-5-9(3-4-10(7)12)13-8(2)6-11/h3-5,8H,6H2,1-2H3. The molecule has 72 valence electrons. The van der Waals surface area contributed by atoms with Crippen molar-refractivity contribution in [3.8, 4) is 5.75 Å². The Morgan fingerprint density at radius 2 is 2.23 bits per heavy atom. The number of rotatable bonds is 3. The van der Waals surface area contributed by atoms with Gasteiger partial charge in [-0.1, -0.05) is 27.5 Å². The third-order valence-electron chi connectivity index (χ3n) is 1.68. The fourth-order valence-corrected chi connectivity index (χ4v) is 1.20. The molecule has 1 atom stereocenters. The van der Waals surface area contributed by atoms with Crippen LogP contribution >= 0.6 is 27.5 Å². The third-order valence-corrected chi connectivity index (χ3v) is 3.02.